The molecule has 1 aromatic rings. The van der Waals surface area contributed by atoms with Crippen LogP contribution in [0.3, 0.4) is 0 Å². The molecule has 1 aliphatic carbocycles. The number of hydrogen-bond acceptors (Lipinski definition) is 2. The Labute approximate surface area is 118 Å². The molecule has 0 spiro atoms. The first-order valence-electron chi connectivity index (χ1n) is 6.99. The fourth-order valence-electron chi connectivity index (χ4n) is 3.05. The predicted molar refractivity (Wildman–Crippen MR) is 78.5 cm³/mol. The molecule has 0 saturated carbocycles. The minimum absolute atomic E-state index is 0.00222. The molecule has 104 valence electrons. The number of hydrogen-bond donors (Lipinski definition) is 1. The van der Waals surface area contributed by atoms with Crippen molar-refractivity contribution in [2.45, 2.75) is 39.3 Å². The van der Waals surface area contributed by atoms with E-state index in [0.29, 0.717) is 0 Å². The number of nitrogens with zero attached hydrogens (tertiary/aromatic N) is 1. The van der Waals surface area contributed by atoms with Crippen molar-refractivity contribution in [1.82, 2.24) is 4.90 Å². The Morgan fingerprint density at radius 2 is 2.10 bits per heavy atom. The third kappa shape index (κ3) is 1.68. The van der Waals surface area contributed by atoms with E-state index in [-0.39, 0.29) is 17.9 Å². The van der Waals surface area contributed by atoms with Crippen LogP contribution >= 0.6 is 0 Å². The Bertz CT molecular complexity index is 633. The number of allylic oxidation sites excluding steroid dienone is 1. The van der Waals surface area contributed by atoms with E-state index >= 15 is 0 Å². The summed E-state index contributed by atoms with van der Waals surface area (Å²) in [6.45, 7) is 5.94. The lowest BCUT2D eigenvalue weighted by atomic mass is 9.83. The van der Waals surface area contributed by atoms with E-state index in [0.717, 1.165) is 28.8 Å². The summed E-state index contributed by atoms with van der Waals surface area (Å²) >= 11 is 0. The van der Waals surface area contributed by atoms with Crippen molar-refractivity contribution in [1.29, 1.82) is 0 Å². The standard InChI is InChI=1S/C16H18N2O2/c1-4-10(3)18-15-13(19)8-9(2)11-6-5-7-12(14(11)15)17-16(18)20/h5-8,10,15H,4H2,1-3H3,(H,17,20). The number of nitrogens with one attached hydrogen (secondary N) is 1. The molecule has 1 aromatic carbocycles. The smallest absolute Gasteiger partial charge is 0.307 e. The molecule has 2 aliphatic rings. The van der Waals surface area contributed by atoms with E-state index in [2.05, 4.69) is 5.32 Å². The molecule has 1 N–H and O–H groups in total. The van der Waals surface area contributed by atoms with Crippen LogP contribution in [0.4, 0.5) is 10.5 Å². The average Bonchev–Trinajstić information content (AvgIpc) is 2.42. The van der Waals surface area contributed by atoms with Crippen LogP contribution in [0.5, 0.6) is 0 Å². The van der Waals surface area contributed by atoms with Gasteiger partial charge in [0.15, 0.2) is 5.78 Å². The Morgan fingerprint density at radius 1 is 1.35 bits per heavy atom. The summed E-state index contributed by atoms with van der Waals surface area (Å²) in [5, 5.41) is 2.91. The summed E-state index contributed by atoms with van der Waals surface area (Å²) in [6, 6.07) is 5.15. The summed E-state index contributed by atoms with van der Waals surface area (Å²) in [5.74, 6) is -0.00222. The third-order valence-electron chi connectivity index (χ3n) is 4.25. The molecule has 20 heavy (non-hydrogen) atoms. The zero-order valence-electron chi connectivity index (χ0n) is 11.9. The fourth-order valence-corrected chi connectivity index (χ4v) is 3.05. The first kappa shape index (κ1) is 12.9. The van der Waals surface area contributed by atoms with Crippen LogP contribution < -0.4 is 5.32 Å². The van der Waals surface area contributed by atoms with E-state index in [9.17, 15) is 9.59 Å². The van der Waals surface area contributed by atoms with E-state index in [1.54, 1.807) is 11.0 Å². The van der Waals surface area contributed by atoms with Crippen LogP contribution in [0.25, 0.3) is 5.57 Å². The van der Waals surface area contributed by atoms with Gasteiger partial charge in [-0.2, -0.15) is 0 Å². The van der Waals surface area contributed by atoms with E-state index in [1.165, 1.54) is 0 Å². The Morgan fingerprint density at radius 3 is 2.80 bits per heavy atom. The van der Waals surface area contributed by atoms with Gasteiger partial charge in [-0.25, -0.2) is 4.79 Å². The largest absolute Gasteiger partial charge is 0.322 e. The van der Waals surface area contributed by atoms with Crippen molar-refractivity contribution in [2.24, 2.45) is 0 Å². The normalized spacial score (nSPS) is 22.1. The van der Waals surface area contributed by atoms with Gasteiger partial charge in [0.25, 0.3) is 0 Å². The molecule has 2 unspecified atom stereocenters. The number of carbonyl (C=O) groups excluding carboxylic acids is 2. The molecule has 3 rings (SSSR count). The lowest BCUT2D eigenvalue weighted by Gasteiger charge is -2.42. The predicted octanol–water partition coefficient (Wildman–Crippen LogP) is 3.36. The summed E-state index contributed by atoms with van der Waals surface area (Å²) in [6.07, 6.45) is 2.47. The van der Waals surface area contributed by atoms with Gasteiger partial charge in [-0.1, -0.05) is 19.1 Å². The number of benzene rings is 1. The second-order valence-electron chi connectivity index (χ2n) is 5.49. The number of ketones is 1. The maximum Gasteiger partial charge on any atom is 0.322 e. The minimum Gasteiger partial charge on any atom is -0.307 e. The first-order chi connectivity index (χ1) is 9.54. The zero-order chi connectivity index (χ0) is 14.4. The summed E-state index contributed by atoms with van der Waals surface area (Å²) in [7, 11) is 0. The highest BCUT2D eigenvalue weighted by atomic mass is 16.2. The lowest BCUT2D eigenvalue weighted by molar-refractivity contribution is -0.119. The Kier molecular flexibility index (Phi) is 2.89. The molecule has 4 nitrogen and oxygen atoms in total. The van der Waals surface area contributed by atoms with Crippen molar-refractivity contribution < 1.29 is 9.59 Å². The van der Waals surface area contributed by atoms with Crippen LogP contribution in [0.15, 0.2) is 24.3 Å². The van der Waals surface area contributed by atoms with Crippen molar-refractivity contribution in [3.63, 3.8) is 0 Å². The molecule has 0 fully saturated rings. The number of urea groups is 1. The maximum atomic E-state index is 12.5. The summed E-state index contributed by atoms with van der Waals surface area (Å²) in [4.78, 5) is 26.5. The quantitative estimate of drug-likeness (QED) is 0.895. The fraction of sp³-hybridized carbons (Fsp3) is 0.375. The third-order valence-corrected chi connectivity index (χ3v) is 4.25. The van der Waals surface area contributed by atoms with Crippen LogP contribution in [0, 0.1) is 0 Å². The van der Waals surface area contributed by atoms with Gasteiger partial charge in [0.1, 0.15) is 6.04 Å². The van der Waals surface area contributed by atoms with Crippen LogP contribution in [0.2, 0.25) is 0 Å². The van der Waals surface area contributed by atoms with Gasteiger partial charge < -0.3 is 10.2 Å². The summed E-state index contributed by atoms with van der Waals surface area (Å²) in [5.41, 5.74) is 3.72. The van der Waals surface area contributed by atoms with Gasteiger partial charge in [-0.15, -0.1) is 0 Å². The molecule has 1 heterocycles. The van der Waals surface area contributed by atoms with Crippen molar-refractivity contribution in [3.05, 3.63) is 35.4 Å². The van der Waals surface area contributed by atoms with Crippen molar-refractivity contribution in [2.75, 3.05) is 5.32 Å². The maximum absolute atomic E-state index is 12.5. The highest BCUT2D eigenvalue weighted by Crippen LogP contribution is 2.42. The van der Waals surface area contributed by atoms with Gasteiger partial charge in [-0.05, 0) is 43.5 Å². The van der Waals surface area contributed by atoms with Gasteiger partial charge in [0.05, 0.1) is 0 Å². The minimum atomic E-state index is -0.478. The van der Waals surface area contributed by atoms with Gasteiger partial charge in [0.2, 0.25) is 0 Å². The zero-order valence-corrected chi connectivity index (χ0v) is 11.9. The lowest BCUT2D eigenvalue weighted by Crippen LogP contribution is -2.50. The molecule has 0 radical (unpaired) electrons. The number of amides is 2. The monoisotopic (exact) mass is 270 g/mol. The van der Waals surface area contributed by atoms with Gasteiger partial charge in [0, 0.05) is 17.3 Å². The number of carbonyl (C=O) groups is 2. The van der Waals surface area contributed by atoms with Crippen LogP contribution in [-0.4, -0.2) is 22.8 Å². The molecule has 0 aromatic heterocycles. The summed E-state index contributed by atoms with van der Waals surface area (Å²) < 4.78 is 0. The Hall–Kier alpha value is -2.10. The van der Waals surface area contributed by atoms with E-state index in [1.807, 2.05) is 39.0 Å². The molecule has 1 aliphatic heterocycles. The number of anilines is 1. The SMILES string of the molecule is CCC(C)N1C(=O)Nc2cccc3c2C1C(=O)C=C3C. The molecule has 4 heteroatoms. The Balaban J connectivity index is 2.22. The second kappa shape index (κ2) is 4.47. The molecular formula is C16H18N2O2. The van der Waals surface area contributed by atoms with E-state index < -0.39 is 6.04 Å². The molecule has 0 bridgehead atoms. The van der Waals surface area contributed by atoms with Crippen molar-refractivity contribution in [3.8, 4) is 0 Å². The molecule has 0 saturated heterocycles. The highest BCUT2D eigenvalue weighted by Gasteiger charge is 2.41. The second-order valence-corrected chi connectivity index (χ2v) is 5.49. The number of rotatable bonds is 2. The van der Waals surface area contributed by atoms with Crippen LogP contribution in [-0.2, 0) is 4.79 Å². The van der Waals surface area contributed by atoms with Gasteiger partial charge >= 0.3 is 6.03 Å². The van der Waals surface area contributed by atoms with Crippen LogP contribution in [0.1, 0.15) is 44.4 Å². The van der Waals surface area contributed by atoms with E-state index in [4.69, 9.17) is 0 Å². The topological polar surface area (TPSA) is 49.4 Å². The van der Waals surface area contributed by atoms with Crippen molar-refractivity contribution >= 4 is 23.1 Å². The highest BCUT2D eigenvalue weighted by molar-refractivity contribution is 6.10. The van der Waals surface area contributed by atoms with Gasteiger partial charge in [-0.3, -0.25) is 4.79 Å². The first-order valence-corrected chi connectivity index (χ1v) is 6.99. The average molecular weight is 270 g/mol. The molecule has 2 amide bonds. The molecular weight excluding hydrogens is 252 g/mol. The molecule has 2 atom stereocenters.